The second-order valence-electron chi connectivity index (χ2n) is 5.15. The number of rotatable bonds is 2. The van der Waals surface area contributed by atoms with Crippen molar-refractivity contribution in [3.05, 3.63) is 47.9 Å². The van der Waals surface area contributed by atoms with Crippen molar-refractivity contribution in [3.63, 3.8) is 0 Å². The Hall–Kier alpha value is -2.69. The molecule has 0 saturated carbocycles. The third kappa shape index (κ3) is 2.07. The van der Waals surface area contributed by atoms with Crippen LogP contribution in [0.3, 0.4) is 0 Å². The van der Waals surface area contributed by atoms with Gasteiger partial charge in [-0.2, -0.15) is 0 Å². The average molecular weight is 282 g/mol. The van der Waals surface area contributed by atoms with Gasteiger partial charge in [0, 0.05) is 24.2 Å². The molecule has 2 N–H and O–H groups in total. The minimum Gasteiger partial charge on any atom is -0.508 e. The SMILES string of the molecule is Cc1nc2cc(NC3COc4cc(O)ccc43)ccc2o1. The summed E-state index contributed by atoms with van der Waals surface area (Å²) >= 11 is 0. The number of phenols is 1. The van der Waals surface area contributed by atoms with Crippen LogP contribution in [-0.4, -0.2) is 16.7 Å². The molecular formula is C16H14N2O3. The van der Waals surface area contributed by atoms with Gasteiger partial charge in [0.25, 0.3) is 0 Å². The van der Waals surface area contributed by atoms with E-state index in [2.05, 4.69) is 10.3 Å². The van der Waals surface area contributed by atoms with Crippen LogP contribution >= 0.6 is 0 Å². The Bertz CT molecular complexity index is 826. The zero-order valence-corrected chi connectivity index (χ0v) is 11.5. The van der Waals surface area contributed by atoms with Crippen molar-refractivity contribution in [2.75, 3.05) is 11.9 Å². The molecule has 1 atom stereocenters. The Morgan fingerprint density at radius 2 is 2.14 bits per heavy atom. The lowest BCUT2D eigenvalue weighted by Gasteiger charge is -2.13. The maximum atomic E-state index is 9.47. The van der Waals surface area contributed by atoms with E-state index in [4.69, 9.17) is 9.15 Å². The molecule has 0 amide bonds. The summed E-state index contributed by atoms with van der Waals surface area (Å²) in [4.78, 5) is 4.33. The van der Waals surface area contributed by atoms with E-state index >= 15 is 0 Å². The fourth-order valence-electron chi connectivity index (χ4n) is 2.65. The van der Waals surface area contributed by atoms with E-state index in [1.807, 2.05) is 31.2 Å². The maximum absolute atomic E-state index is 9.47. The summed E-state index contributed by atoms with van der Waals surface area (Å²) in [6, 6.07) is 11.1. The van der Waals surface area contributed by atoms with Crippen LogP contribution < -0.4 is 10.1 Å². The molecule has 1 aromatic heterocycles. The van der Waals surface area contributed by atoms with Gasteiger partial charge in [0.15, 0.2) is 11.5 Å². The average Bonchev–Trinajstić information content (AvgIpc) is 3.01. The van der Waals surface area contributed by atoms with Gasteiger partial charge in [-0.1, -0.05) is 0 Å². The first-order valence-corrected chi connectivity index (χ1v) is 6.78. The normalized spacial score (nSPS) is 16.7. The Morgan fingerprint density at radius 1 is 1.24 bits per heavy atom. The van der Waals surface area contributed by atoms with Gasteiger partial charge in [-0.25, -0.2) is 4.98 Å². The van der Waals surface area contributed by atoms with Crippen molar-refractivity contribution < 1.29 is 14.3 Å². The van der Waals surface area contributed by atoms with Crippen LogP contribution in [-0.2, 0) is 0 Å². The standard InChI is InChI=1S/C16H14N2O3/c1-9-17-13-6-10(2-5-15(13)21-9)18-14-8-20-16-7-11(19)3-4-12(14)16/h2-7,14,18-19H,8H2,1H3. The fourth-order valence-corrected chi connectivity index (χ4v) is 2.65. The van der Waals surface area contributed by atoms with Gasteiger partial charge in [-0.15, -0.1) is 0 Å². The summed E-state index contributed by atoms with van der Waals surface area (Å²) in [5, 5.41) is 12.9. The van der Waals surface area contributed by atoms with E-state index in [0.29, 0.717) is 12.5 Å². The molecule has 0 fully saturated rings. The zero-order valence-electron chi connectivity index (χ0n) is 11.5. The van der Waals surface area contributed by atoms with Gasteiger partial charge >= 0.3 is 0 Å². The van der Waals surface area contributed by atoms with Crippen LogP contribution in [0.4, 0.5) is 5.69 Å². The maximum Gasteiger partial charge on any atom is 0.192 e. The molecule has 0 aliphatic carbocycles. The van der Waals surface area contributed by atoms with Crippen LogP contribution in [0.25, 0.3) is 11.1 Å². The monoisotopic (exact) mass is 282 g/mol. The molecule has 21 heavy (non-hydrogen) atoms. The highest BCUT2D eigenvalue weighted by Gasteiger charge is 2.24. The lowest BCUT2D eigenvalue weighted by Crippen LogP contribution is -2.11. The predicted molar refractivity (Wildman–Crippen MR) is 78.7 cm³/mol. The lowest BCUT2D eigenvalue weighted by atomic mass is 10.1. The minimum atomic E-state index is 0.0612. The van der Waals surface area contributed by atoms with Gasteiger partial charge < -0.3 is 19.6 Å². The van der Waals surface area contributed by atoms with E-state index in [-0.39, 0.29) is 11.8 Å². The molecule has 1 aliphatic rings. The Balaban J connectivity index is 1.64. The third-order valence-corrected chi connectivity index (χ3v) is 3.61. The Labute approximate surface area is 121 Å². The molecular weight excluding hydrogens is 268 g/mol. The van der Waals surface area contributed by atoms with E-state index in [1.54, 1.807) is 12.1 Å². The topological polar surface area (TPSA) is 67.5 Å². The molecule has 0 bridgehead atoms. The lowest BCUT2D eigenvalue weighted by molar-refractivity contribution is 0.338. The highest BCUT2D eigenvalue weighted by molar-refractivity contribution is 5.77. The van der Waals surface area contributed by atoms with Gasteiger partial charge in [0.05, 0.1) is 6.04 Å². The largest absolute Gasteiger partial charge is 0.508 e. The van der Waals surface area contributed by atoms with Crippen LogP contribution in [0.5, 0.6) is 11.5 Å². The van der Waals surface area contributed by atoms with Crippen molar-refractivity contribution in [3.8, 4) is 11.5 Å². The van der Waals surface area contributed by atoms with Crippen molar-refractivity contribution in [1.29, 1.82) is 0 Å². The summed E-state index contributed by atoms with van der Waals surface area (Å²) in [6.45, 7) is 2.37. The first kappa shape index (κ1) is 12.1. The fraction of sp³-hybridized carbons (Fsp3) is 0.188. The second kappa shape index (κ2) is 4.41. The number of phenolic OH excluding ortho intramolecular Hbond substituents is 1. The quantitative estimate of drug-likeness (QED) is 0.754. The number of oxazole rings is 1. The zero-order chi connectivity index (χ0) is 14.4. The van der Waals surface area contributed by atoms with E-state index in [0.717, 1.165) is 28.1 Å². The van der Waals surface area contributed by atoms with Gasteiger partial charge in [0.1, 0.15) is 23.6 Å². The number of aryl methyl sites for hydroxylation is 1. The number of fused-ring (bicyclic) bond motifs is 2. The molecule has 3 aromatic rings. The van der Waals surface area contributed by atoms with Crippen LogP contribution in [0.15, 0.2) is 40.8 Å². The third-order valence-electron chi connectivity index (χ3n) is 3.61. The van der Waals surface area contributed by atoms with E-state index in [1.165, 1.54) is 0 Å². The number of nitrogens with zero attached hydrogens (tertiary/aromatic N) is 1. The number of nitrogens with one attached hydrogen (secondary N) is 1. The summed E-state index contributed by atoms with van der Waals surface area (Å²) in [6.07, 6.45) is 0. The highest BCUT2D eigenvalue weighted by atomic mass is 16.5. The predicted octanol–water partition coefficient (Wildman–Crippen LogP) is 3.39. The number of hydrogen-bond donors (Lipinski definition) is 2. The molecule has 2 aromatic carbocycles. The molecule has 2 heterocycles. The number of anilines is 1. The number of ether oxygens (including phenoxy) is 1. The first-order chi connectivity index (χ1) is 10.2. The van der Waals surface area contributed by atoms with Crippen molar-refractivity contribution >= 4 is 16.8 Å². The molecule has 0 saturated heterocycles. The van der Waals surface area contributed by atoms with E-state index < -0.39 is 0 Å². The number of aromatic nitrogens is 1. The van der Waals surface area contributed by atoms with Gasteiger partial charge in [-0.3, -0.25) is 0 Å². The Kier molecular flexibility index (Phi) is 2.54. The summed E-state index contributed by atoms with van der Waals surface area (Å²) in [5.41, 5.74) is 3.63. The van der Waals surface area contributed by atoms with Gasteiger partial charge in [-0.05, 0) is 30.3 Å². The smallest absolute Gasteiger partial charge is 0.192 e. The summed E-state index contributed by atoms with van der Waals surface area (Å²) in [7, 11) is 0. The molecule has 4 rings (SSSR count). The number of benzene rings is 2. The van der Waals surface area contributed by atoms with Crippen molar-refractivity contribution in [2.24, 2.45) is 0 Å². The molecule has 106 valence electrons. The number of aromatic hydroxyl groups is 1. The Morgan fingerprint density at radius 3 is 3.05 bits per heavy atom. The summed E-state index contributed by atoms with van der Waals surface area (Å²) < 4.78 is 11.1. The molecule has 0 spiro atoms. The molecule has 1 aliphatic heterocycles. The van der Waals surface area contributed by atoms with Crippen LogP contribution in [0.1, 0.15) is 17.5 Å². The highest BCUT2D eigenvalue weighted by Crippen LogP contribution is 2.37. The second-order valence-corrected chi connectivity index (χ2v) is 5.15. The van der Waals surface area contributed by atoms with Gasteiger partial charge in [0.2, 0.25) is 0 Å². The van der Waals surface area contributed by atoms with Crippen LogP contribution in [0, 0.1) is 6.92 Å². The van der Waals surface area contributed by atoms with Crippen LogP contribution in [0.2, 0.25) is 0 Å². The summed E-state index contributed by atoms with van der Waals surface area (Å²) in [5.74, 6) is 1.60. The molecule has 1 unspecified atom stereocenters. The molecule has 5 nitrogen and oxygen atoms in total. The van der Waals surface area contributed by atoms with Crippen molar-refractivity contribution in [1.82, 2.24) is 4.98 Å². The minimum absolute atomic E-state index is 0.0612. The number of hydrogen-bond acceptors (Lipinski definition) is 5. The van der Waals surface area contributed by atoms with E-state index in [9.17, 15) is 5.11 Å². The molecule has 5 heteroatoms. The molecule has 0 radical (unpaired) electrons. The first-order valence-electron chi connectivity index (χ1n) is 6.78. The van der Waals surface area contributed by atoms with Crippen molar-refractivity contribution in [2.45, 2.75) is 13.0 Å².